The summed E-state index contributed by atoms with van der Waals surface area (Å²) in [5, 5.41) is 10.9. The van der Waals surface area contributed by atoms with E-state index in [0.29, 0.717) is 6.54 Å². The molecule has 110 valence electrons. The smallest absolute Gasteiger partial charge is 0.269 e. The van der Waals surface area contributed by atoms with Gasteiger partial charge in [-0.15, -0.1) is 0 Å². The number of aryl methyl sites for hydroxylation is 1. The lowest BCUT2D eigenvalue weighted by molar-refractivity contribution is -0.384. The van der Waals surface area contributed by atoms with Crippen molar-refractivity contribution in [1.82, 2.24) is 4.57 Å². The predicted octanol–water partition coefficient (Wildman–Crippen LogP) is 3.09. The second-order valence-electron chi connectivity index (χ2n) is 5.70. The number of hydrogen-bond acceptors (Lipinski definition) is 3. The van der Waals surface area contributed by atoms with Gasteiger partial charge >= 0.3 is 0 Å². The number of fused-ring (bicyclic) bond motifs is 1. The van der Waals surface area contributed by atoms with E-state index in [1.165, 1.54) is 23.0 Å². The van der Waals surface area contributed by atoms with Crippen LogP contribution in [-0.2, 0) is 13.0 Å². The third kappa shape index (κ3) is 2.56. The molecule has 0 amide bonds. The molecular weight excluding hydrogens is 266 g/mol. The number of nitro benzene ring substituents is 1. The van der Waals surface area contributed by atoms with Crippen molar-refractivity contribution in [1.29, 1.82) is 0 Å². The zero-order valence-corrected chi connectivity index (χ0v) is 12.1. The summed E-state index contributed by atoms with van der Waals surface area (Å²) < 4.78 is 2.24. The fraction of sp³-hybridized carbons (Fsp3) is 0.375. The zero-order chi connectivity index (χ0) is 15.0. The van der Waals surface area contributed by atoms with Crippen LogP contribution < -0.4 is 5.73 Å². The molecule has 0 bridgehead atoms. The van der Waals surface area contributed by atoms with Gasteiger partial charge < -0.3 is 10.3 Å². The van der Waals surface area contributed by atoms with Crippen LogP contribution in [0.15, 0.2) is 30.3 Å². The van der Waals surface area contributed by atoms with Crippen LogP contribution in [0.3, 0.4) is 0 Å². The Morgan fingerprint density at radius 2 is 2.24 bits per heavy atom. The highest BCUT2D eigenvalue weighted by Gasteiger charge is 2.22. The quantitative estimate of drug-likeness (QED) is 0.695. The minimum Gasteiger partial charge on any atom is -0.344 e. The Bertz CT molecular complexity index is 691. The molecule has 21 heavy (non-hydrogen) atoms. The van der Waals surface area contributed by atoms with Crippen molar-refractivity contribution in [3.63, 3.8) is 0 Å². The molecule has 0 spiro atoms. The molecule has 0 fully saturated rings. The maximum Gasteiger partial charge on any atom is 0.269 e. The highest BCUT2D eigenvalue weighted by atomic mass is 16.6. The third-order valence-electron chi connectivity index (χ3n) is 4.24. The van der Waals surface area contributed by atoms with E-state index in [-0.39, 0.29) is 16.7 Å². The average molecular weight is 285 g/mol. The molecule has 5 nitrogen and oxygen atoms in total. The van der Waals surface area contributed by atoms with E-state index in [9.17, 15) is 10.1 Å². The molecule has 0 saturated heterocycles. The summed E-state index contributed by atoms with van der Waals surface area (Å²) in [6.45, 7) is 2.73. The highest BCUT2D eigenvalue weighted by Crippen LogP contribution is 2.31. The van der Waals surface area contributed by atoms with Crippen LogP contribution in [0.4, 0.5) is 5.69 Å². The summed E-state index contributed by atoms with van der Waals surface area (Å²) >= 11 is 0. The highest BCUT2D eigenvalue weighted by molar-refractivity contribution is 5.37. The number of non-ortho nitro benzene ring substituents is 1. The average Bonchev–Trinajstić information content (AvgIpc) is 2.78. The molecule has 1 aliphatic carbocycles. The van der Waals surface area contributed by atoms with Crippen molar-refractivity contribution >= 4 is 5.69 Å². The lowest BCUT2D eigenvalue weighted by atomic mass is 9.93. The summed E-state index contributed by atoms with van der Waals surface area (Å²) in [7, 11) is 0. The number of nitro groups is 1. The Labute approximate surface area is 123 Å². The van der Waals surface area contributed by atoms with Gasteiger partial charge in [-0.3, -0.25) is 10.1 Å². The molecule has 0 radical (unpaired) electrons. The summed E-state index contributed by atoms with van der Waals surface area (Å²) in [6.07, 6.45) is 3.17. The van der Waals surface area contributed by atoms with Gasteiger partial charge in [0.1, 0.15) is 0 Å². The van der Waals surface area contributed by atoms with Crippen molar-refractivity contribution < 1.29 is 4.92 Å². The first-order valence-electron chi connectivity index (χ1n) is 7.24. The maximum absolute atomic E-state index is 10.9. The number of nitrogens with zero attached hydrogens (tertiary/aromatic N) is 2. The number of rotatable bonds is 3. The lowest BCUT2D eigenvalue weighted by Crippen LogP contribution is -2.18. The molecule has 0 aliphatic heterocycles. The van der Waals surface area contributed by atoms with Crippen LogP contribution in [0.2, 0.25) is 0 Å². The number of benzene rings is 1. The molecule has 1 aromatic carbocycles. The van der Waals surface area contributed by atoms with Gasteiger partial charge in [-0.25, -0.2) is 0 Å². The molecule has 1 aromatic heterocycles. The van der Waals surface area contributed by atoms with Gasteiger partial charge in [-0.05, 0) is 43.4 Å². The molecule has 2 N–H and O–H groups in total. The van der Waals surface area contributed by atoms with E-state index in [2.05, 4.69) is 17.6 Å². The van der Waals surface area contributed by atoms with Gasteiger partial charge in [0, 0.05) is 36.1 Å². The van der Waals surface area contributed by atoms with Crippen molar-refractivity contribution in [2.24, 2.45) is 5.73 Å². The van der Waals surface area contributed by atoms with Gasteiger partial charge in [-0.1, -0.05) is 12.1 Å². The van der Waals surface area contributed by atoms with E-state index >= 15 is 0 Å². The first-order chi connectivity index (χ1) is 10.1. The van der Waals surface area contributed by atoms with E-state index < -0.39 is 0 Å². The largest absolute Gasteiger partial charge is 0.344 e. The summed E-state index contributed by atoms with van der Waals surface area (Å²) in [5.41, 5.74) is 11.0. The normalized spacial score (nSPS) is 17.5. The van der Waals surface area contributed by atoms with Crippen molar-refractivity contribution in [2.75, 3.05) is 0 Å². The van der Waals surface area contributed by atoms with Crippen LogP contribution in [-0.4, -0.2) is 9.49 Å². The Morgan fingerprint density at radius 1 is 1.43 bits per heavy atom. The van der Waals surface area contributed by atoms with Crippen molar-refractivity contribution in [2.45, 2.75) is 38.8 Å². The molecule has 2 aromatic rings. The Hall–Kier alpha value is -2.14. The van der Waals surface area contributed by atoms with E-state index in [4.69, 9.17) is 5.73 Å². The maximum atomic E-state index is 10.9. The first kappa shape index (κ1) is 13.8. The van der Waals surface area contributed by atoms with E-state index in [1.54, 1.807) is 12.1 Å². The van der Waals surface area contributed by atoms with Gasteiger partial charge in [0.15, 0.2) is 0 Å². The van der Waals surface area contributed by atoms with Crippen LogP contribution in [0.1, 0.15) is 41.4 Å². The van der Waals surface area contributed by atoms with Crippen LogP contribution in [0.5, 0.6) is 0 Å². The molecule has 5 heteroatoms. The van der Waals surface area contributed by atoms with Crippen LogP contribution in [0.25, 0.3) is 0 Å². The van der Waals surface area contributed by atoms with Crippen molar-refractivity contribution in [3.8, 4) is 0 Å². The van der Waals surface area contributed by atoms with E-state index in [1.807, 2.05) is 6.07 Å². The Kier molecular flexibility index (Phi) is 3.51. The summed E-state index contributed by atoms with van der Waals surface area (Å²) in [4.78, 5) is 10.5. The molecule has 1 aliphatic rings. The topological polar surface area (TPSA) is 74.1 Å². The summed E-state index contributed by atoms with van der Waals surface area (Å²) in [6, 6.07) is 9.13. The Balaban J connectivity index is 1.95. The van der Waals surface area contributed by atoms with Gasteiger partial charge in [-0.2, -0.15) is 0 Å². The first-order valence-corrected chi connectivity index (χ1v) is 7.24. The monoisotopic (exact) mass is 285 g/mol. The molecule has 1 atom stereocenters. The van der Waals surface area contributed by atoms with Gasteiger partial charge in [0.2, 0.25) is 0 Å². The second-order valence-corrected chi connectivity index (χ2v) is 5.70. The number of aromatic nitrogens is 1. The predicted molar refractivity (Wildman–Crippen MR) is 81.2 cm³/mol. The fourth-order valence-electron chi connectivity index (χ4n) is 3.17. The van der Waals surface area contributed by atoms with Gasteiger partial charge in [0.25, 0.3) is 5.69 Å². The number of nitrogens with two attached hydrogens (primary N) is 1. The lowest BCUT2D eigenvalue weighted by Gasteiger charge is -2.21. The molecule has 3 rings (SSSR count). The number of hydrogen-bond donors (Lipinski definition) is 1. The second kappa shape index (κ2) is 5.33. The molecular formula is C16H19N3O2. The SMILES string of the molecule is Cc1cc2c(n1Cc1cccc([N+](=O)[O-])c1)CCCC2N. The molecule has 0 saturated carbocycles. The van der Waals surface area contributed by atoms with Gasteiger partial charge in [0.05, 0.1) is 4.92 Å². The molecule has 1 unspecified atom stereocenters. The zero-order valence-electron chi connectivity index (χ0n) is 12.1. The van der Waals surface area contributed by atoms with E-state index in [0.717, 1.165) is 24.8 Å². The summed E-state index contributed by atoms with van der Waals surface area (Å²) in [5.74, 6) is 0. The van der Waals surface area contributed by atoms with Crippen LogP contribution in [0, 0.1) is 17.0 Å². The van der Waals surface area contributed by atoms with Crippen LogP contribution >= 0.6 is 0 Å². The third-order valence-corrected chi connectivity index (χ3v) is 4.24. The minimum absolute atomic E-state index is 0.124. The standard InChI is InChI=1S/C16H19N3O2/c1-11-8-14-15(17)6-3-7-16(14)18(11)10-12-4-2-5-13(9-12)19(20)21/h2,4-5,8-9,15H,3,6-7,10,17H2,1H3. The molecule has 1 heterocycles. The minimum atomic E-state index is -0.350. The fourth-order valence-corrected chi connectivity index (χ4v) is 3.17. The van der Waals surface area contributed by atoms with Crippen molar-refractivity contribution in [3.05, 3.63) is 63.0 Å². The Morgan fingerprint density at radius 3 is 3.00 bits per heavy atom.